The summed E-state index contributed by atoms with van der Waals surface area (Å²) in [5.74, 6) is -1.04. The second kappa shape index (κ2) is 5.32. The van der Waals surface area contributed by atoms with Gasteiger partial charge in [-0.2, -0.15) is 0 Å². The number of aryl methyl sites for hydroxylation is 2. The molecule has 3 N–H and O–H groups in total. The van der Waals surface area contributed by atoms with Crippen molar-refractivity contribution in [3.63, 3.8) is 0 Å². The molecule has 0 fully saturated rings. The zero-order chi connectivity index (χ0) is 14.0. The lowest BCUT2D eigenvalue weighted by Gasteiger charge is -2.09. The Balaban J connectivity index is 2.38. The number of aromatic nitrogens is 1. The summed E-state index contributed by atoms with van der Waals surface area (Å²) in [6.45, 7) is 4.03. The van der Waals surface area contributed by atoms with Gasteiger partial charge in [-0.3, -0.25) is 0 Å². The summed E-state index contributed by atoms with van der Waals surface area (Å²) in [4.78, 5) is 16.2. The van der Waals surface area contributed by atoms with E-state index in [4.69, 9.17) is 10.8 Å². The molecule has 0 saturated heterocycles. The highest BCUT2D eigenvalue weighted by Crippen LogP contribution is 2.33. The maximum absolute atomic E-state index is 11.0. The quantitative estimate of drug-likeness (QED) is 0.899. The molecule has 19 heavy (non-hydrogen) atoms. The third-order valence-electron chi connectivity index (χ3n) is 2.72. The van der Waals surface area contributed by atoms with Gasteiger partial charge in [0.25, 0.3) is 0 Å². The van der Waals surface area contributed by atoms with Crippen molar-refractivity contribution in [2.75, 3.05) is 5.73 Å². The van der Waals surface area contributed by atoms with Crippen molar-refractivity contribution >= 4 is 23.4 Å². The van der Waals surface area contributed by atoms with Crippen LogP contribution in [0.3, 0.4) is 0 Å². The SMILES string of the molecule is Cc1ccc(Sc2nccc(C(=O)O)c2N)c(C)c1. The predicted octanol–water partition coefficient (Wildman–Crippen LogP) is 3.13. The van der Waals surface area contributed by atoms with E-state index in [1.54, 1.807) is 0 Å². The van der Waals surface area contributed by atoms with Crippen LogP contribution in [-0.4, -0.2) is 16.1 Å². The van der Waals surface area contributed by atoms with Gasteiger partial charge in [-0.25, -0.2) is 9.78 Å². The van der Waals surface area contributed by atoms with Crippen LogP contribution in [0.1, 0.15) is 21.5 Å². The lowest BCUT2D eigenvalue weighted by Crippen LogP contribution is -2.04. The van der Waals surface area contributed by atoms with E-state index >= 15 is 0 Å². The molecule has 0 saturated carbocycles. The lowest BCUT2D eigenvalue weighted by atomic mass is 10.2. The number of hydrogen-bond donors (Lipinski definition) is 2. The van der Waals surface area contributed by atoms with Crippen LogP contribution in [0.4, 0.5) is 5.69 Å². The van der Waals surface area contributed by atoms with Gasteiger partial charge < -0.3 is 10.8 Å². The molecule has 0 aliphatic carbocycles. The maximum Gasteiger partial charge on any atom is 0.337 e. The van der Waals surface area contributed by atoms with Gasteiger partial charge >= 0.3 is 5.97 Å². The summed E-state index contributed by atoms with van der Waals surface area (Å²) in [7, 11) is 0. The number of rotatable bonds is 3. The van der Waals surface area contributed by atoms with Crippen LogP contribution in [0.25, 0.3) is 0 Å². The second-order valence-electron chi connectivity index (χ2n) is 4.25. The minimum absolute atomic E-state index is 0.0854. The Kier molecular flexibility index (Phi) is 3.76. The predicted molar refractivity (Wildman–Crippen MR) is 75.6 cm³/mol. The van der Waals surface area contributed by atoms with Crippen LogP contribution in [-0.2, 0) is 0 Å². The van der Waals surface area contributed by atoms with Gasteiger partial charge in [-0.1, -0.05) is 29.5 Å². The first-order valence-electron chi connectivity index (χ1n) is 5.72. The Morgan fingerprint density at radius 1 is 1.32 bits per heavy atom. The molecule has 1 heterocycles. The van der Waals surface area contributed by atoms with E-state index in [1.165, 1.54) is 29.6 Å². The van der Waals surface area contributed by atoms with Gasteiger partial charge in [0, 0.05) is 11.1 Å². The third-order valence-corrected chi connectivity index (χ3v) is 3.92. The molecule has 2 aromatic rings. The lowest BCUT2D eigenvalue weighted by molar-refractivity contribution is 0.0697. The number of nitrogens with two attached hydrogens (primary N) is 1. The van der Waals surface area contributed by atoms with Crippen LogP contribution in [0.2, 0.25) is 0 Å². The molecule has 1 aromatic heterocycles. The normalized spacial score (nSPS) is 10.4. The Bertz CT molecular complexity index is 641. The topological polar surface area (TPSA) is 76.2 Å². The number of carboxylic acids is 1. The number of anilines is 1. The van der Waals surface area contributed by atoms with E-state index in [9.17, 15) is 4.79 Å². The van der Waals surface area contributed by atoms with Crippen molar-refractivity contribution in [3.8, 4) is 0 Å². The van der Waals surface area contributed by atoms with Crippen LogP contribution in [0.15, 0.2) is 40.4 Å². The minimum atomic E-state index is -1.04. The Labute approximate surface area is 115 Å². The molecular weight excluding hydrogens is 260 g/mol. The Morgan fingerprint density at radius 3 is 2.68 bits per heavy atom. The van der Waals surface area contributed by atoms with E-state index < -0.39 is 5.97 Å². The molecule has 0 spiro atoms. The number of nitrogen functional groups attached to an aromatic ring is 1. The van der Waals surface area contributed by atoms with Crippen LogP contribution < -0.4 is 5.73 Å². The molecule has 0 aliphatic rings. The van der Waals surface area contributed by atoms with E-state index in [2.05, 4.69) is 11.1 Å². The summed E-state index contributed by atoms with van der Waals surface area (Å²) >= 11 is 1.38. The molecule has 5 heteroatoms. The first kappa shape index (κ1) is 13.4. The molecule has 98 valence electrons. The van der Waals surface area contributed by atoms with Gasteiger partial charge in [-0.15, -0.1) is 0 Å². The fraction of sp³-hybridized carbons (Fsp3) is 0.143. The molecule has 2 rings (SSSR count). The average Bonchev–Trinajstić information content (AvgIpc) is 2.34. The van der Waals surface area contributed by atoms with Crippen molar-refractivity contribution in [1.29, 1.82) is 0 Å². The number of aromatic carboxylic acids is 1. The second-order valence-corrected chi connectivity index (χ2v) is 5.28. The number of benzene rings is 1. The summed E-state index contributed by atoms with van der Waals surface area (Å²) in [5, 5.41) is 9.55. The van der Waals surface area contributed by atoms with Crippen molar-refractivity contribution < 1.29 is 9.90 Å². The number of hydrogen-bond acceptors (Lipinski definition) is 4. The van der Waals surface area contributed by atoms with Crippen LogP contribution in [0, 0.1) is 13.8 Å². The van der Waals surface area contributed by atoms with Crippen LogP contribution >= 0.6 is 11.8 Å². The largest absolute Gasteiger partial charge is 0.478 e. The molecule has 0 radical (unpaired) electrons. The van der Waals surface area contributed by atoms with E-state index in [1.807, 2.05) is 26.0 Å². The first-order valence-corrected chi connectivity index (χ1v) is 6.53. The van der Waals surface area contributed by atoms with E-state index in [0.717, 1.165) is 10.5 Å². The van der Waals surface area contributed by atoms with Crippen molar-refractivity contribution in [2.24, 2.45) is 0 Å². The third kappa shape index (κ3) is 2.88. The molecule has 1 aromatic carbocycles. The van der Waals surface area contributed by atoms with Crippen LogP contribution in [0.5, 0.6) is 0 Å². The molecule has 0 unspecified atom stereocenters. The molecular formula is C14H14N2O2S. The smallest absolute Gasteiger partial charge is 0.337 e. The van der Waals surface area contributed by atoms with Crippen molar-refractivity contribution in [2.45, 2.75) is 23.8 Å². The molecule has 4 nitrogen and oxygen atoms in total. The van der Waals surface area contributed by atoms with Crippen molar-refractivity contribution in [3.05, 3.63) is 47.2 Å². The van der Waals surface area contributed by atoms with E-state index in [-0.39, 0.29) is 11.3 Å². The molecule has 0 amide bonds. The molecule has 0 bridgehead atoms. The van der Waals surface area contributed by atoms with Gasteiger partial charge in [-0.05, 0) is 31.5 Å². The number of nitrogens with zero attached hydrogens (tertiary/aromatic N) is 1. The van der Waals surface area contributed by atoms with E-state index in [0.29, 0.717) is 5.03 Å². The zero-order valence-electron chi connectivity index (χ0n) is 10.7. The zero-order valence-corrected chi connectivity index (χ0v) is 11.5. The highest BCUT2D eigenvalue weighted by molar-refractivity contribution is 7.99. The van der Waals surface area contributed by atoms with Crippen molar-refractivity contribution in [1.82, 2.24) is 4.98 Å². The fourth-order valence-corrected chi connectivity index (χ4v) is 2.64. The van der Waals surface area contributed by atoms with Gasteiger partial charge in [0.15, 0.2) is 0 Å². The number of carbonyl (C=O) groups is 1. The summed E-state index contributed by atoms with van der Waals surface area (Å²) < 4.78 is 0. The summed E-state index contributed by atoms with van der Waals surface area (Å²) in [6.07, 6.45) is 1.46. The fourth-order valence-electron chi connectivity index (χ4n) is 1.74. The minimum Gasteiger partial charge on any atom is -0.478 e. The maximum atomic E-state index is 11.0. The standard InChI is InChI=1S/C14H14N2O2S/c1-8-3-4-11(9(2)7-8)19-13-12(15)10(14(17)18)5-6-16-13/h3-7H,15H2,1-2H3,(H,17,18). The number of pyridine rings is 1. The number of carboxylic acid groups (broad SMARTS) is 1. The molecule has 0 atom stereocenters. The monoisotopic (exact) mass is 274 g/mol. The van der Waals surface area contributed by atoms with Gasteiger partial charge in [0.1, 0.15) is 5.03 Å². The average molecular weight is 274 g/mol. The first-order chi connectivity index (χ1) is 8.99. The Hall–Kier alpha value is -2.01. The summed E-state index contributed by atoms with van der Waals surface area (Å²) in [6, 6.07) is 7.47. The Morgan fingerprint density at radius 2 is 2.05 bits per heavy atom. The molecule has 0 aliphatic heterocycles. The highest BCUT2D eigenvalue weighted by atomic mass is 32.2. The summed E-state index contributed by atoms with van der Waals surface area (Å²) in [5.41, 5.74) is 8.44. The van der Waals surface area contributed by atoms with Gasteiger partial charge in [0.2, 0.25) is 0 Å². The van der Waals surface area contributed by atoms with Gasteiger partial charge in [0.05, 0.1) is 11.3 Å². The highest BCUT2D eigenvalue weighted by Gasteiger charge is 2.13.